The number of sulfonamides is 1. The van der Waals surface area contributed by atoms with Gasteiger partial charge in [0.25, 0.3) is 0 Å². The molecule has 27 heavy (non-hydrogen) atoms. The molecule has 0 saturated heterocycles. The van der Waals surface area contributed by atoms with Crippen molar-refractivity contribution in [1.82, 2.24) is 4.31 Å². The lowest BCUT2D eigenvalue weighted by atomic mass is 10.1. The van der Waals surface area contributed by atoms with Crippen molar-refractivity contribution < 1.29 is 8.42 Å². The molecule has 0 heterocycles. The van der Waals surface area contributed by atoms with Crippen molar-refractivity contribution in [3.8, 4) is 0 Å². The Morgan fingerprint density at radius 3 is 1.74 bits per heavy atom. The second-order valence-corrected chi connectivity index (χ2v) is 9.33. The van der Waals surface area contributed by atoms with Crippen molar-refractivity contribution in [3.63, 3.8) is 0 Å². The summed E-state index contributed by atoms with van der Waals surface area (Å²) < 4.78 is 28.0. The van der Waals surface area contributed by atoms with Crippen molar-refractivity contribution in [2.45, 2.75) is 46.7 Å². The van der Waals surface area contributed by atoms with Crippen LogP contribution in [-0.2, 0) is 23.1 Å². The van der Waals surface area contributed by atoms with Crippen LogP contribution in [0.3, 0.4) is 0 Å². The summed E-state index contributed by atoms with van der Waals surface area (Å²) >= 11 is 0. The van der Waals surface area contributed by atoms with Gasteiger partial charge in [0.15, 0.2) is 0 Å². The molecule has 0 spiro atoms. The Labute approximate surface area is 164 Å². The highest BCUT2D eigenvalue weighted by atomic mass is 32.2. The summed E-state index contributed by atoms with van der Waals surface area (Å²) in [6.07, 6.45) is 3.36. The quantitative estimate of drug-likeness (QED) is 0.525. The summed E-state index contributed by atoms with van der Waals surface area (Å²) in [5.74, 6) is 0.263. The van der Waals surface area contributed by atoms with Gasteiger partial charge in [0.1, 0.15) is 0 Å². The van der Waals surface area contributed by atoms with Gasteiger partial charge in [0.2, 0.25) is 10.0 Å². The van der Waals surface area contributed by atoms with Gasteiger partial charge in [0.05, 0.1) is 5.75 Å². The molecule has 0 N–H and O–H groups in total. The second kappa shape index (κ2) is 9.86. The maximum Gasteiger partial charge on any atom is 0.214 e. The van der Waals surface area contributed by atoms with E-state index in [1.807, 2.05) is 75.4 Å². The van der Waals surface area contributed by atoms with Gasteiger partial charge < -0.3 is 0 Å². The van der Waals surface area contributed by atoms with Crippen LogP contribution in [0.25, 0.3) is 0 Å². The second-order valence-electron chi connectivity index (χ2n) is 7.32. The average Bonchev–Trinajstić information content (AvgIpc) is 2.64. The molecule has 0 bridgehead atoms. The topological polar surface area (TPSA) is 37.4 Å². The van der Waals surface area contributed by atoms with Gasteiger partial charge in [-0.15, -0.1) is 6.58 Å². The number of allylic oxidation sites excluding steroid dienone is 1. The standard InChI is InChI=1S/C23H31NO2S/c1-5-7-21(6-2)18-27(25,26)24(16-22-12-8-19(3)9-13-22)17-23-14-10-20(4)11-15-23/h5,8-15,21H,1,6-7,16-18H2,2-4H3/t21-/m0/s1. The molecular weight excluding hydrogens is 354 g/mol. The van der Waals surface area contributed by atoms with Crippen molar-refractivity contribution in [3.05, 3.63) is 83.4 Å². The van der Waals surface area contributed by atoms with Crippen LogP contribution in [0.15, 0.2) is 61.2 Å². The smallest absolute Gasteiger partial charge is 0.212 e. The molecule has 2 aromatic carbocycles. The van der Waals surface area contributed by atoms with Gasteiger partial charge in [-0.05, 0) is 37.3 Å². The van der Waals surface area contributed by atoms with E-state index in [1.165, 1.54) is 11.1 Å². The maximum atomic E-state index is 13.2. The maximum absolute atomic E-state index is 13.2. The zero-order valence-corrected chi connectivity index (χ0v) is 17.5. The SMILES string of the molecule is C=CC[C@H](CC)CS(=O)(=O)N(Cc1ccc(C)cc1)Cc1ccc(C)cc1. The van der Waals surface area contributed by atoms with Crippen LogP contribution in [0.4, 0.5) is 0 Å². The predicted octanol–water partition coefficient (Wildman–Crippen LogP) is 5.24. The Morgan fingerprint density at radius 2 is 1.37 bits per heavy atom. The fraction of sp³-hybridized carbons (Fsp3) is 0.391. The molecule has 0 unspecified atom stereocenters. The van der Waals surface area contributed by atoms with Gasteiger partial charge in [-0.3, -0.25) is 0 Å². The van der Waals surface area contributed by atoms with Gasteiger partial charge >= 0.3 is 0 Å². The first-order valence-electron chi connectivity index (χ1n) is 9.54. The molecule has 146 valence electrons. The third kappa shape index (κ3) is 6.64. The van der Waals surface area contributed by atoms with Crippen LogP contribution in [0.5, 0.6) is 0 Å². The molecule has 2 rings (SSSR count). The van der Waals surface area contributed by atoms with Crippen LogP contribution in [0.1, 0.15) is 42.0 Å². The summed E-state index contributed by atoms with van der Waals surface area (Å²) in [6.45, 7) is 10.6. The molecular formula is C23H31NO2S. The largest absolute Gasteiger partial charge is 0.214 e. The Kier molecular flexibility index (Phi) is 7.81. The van der Waals surface area contributed by atoms with E-state index in [-0.39, 0.29) is 11.7 Å². The first-order valence-corrected chi connectivity index (χ1v) is 11.1. The fourth-order valence-electron chi connectivity index (χ4n) is 3.04. The van der Waals surface area contributed by atoms with Crippen LogP contribution in [0, 0.1) is 19.8 Å². The summed E-state index contributed by atoms with van der Waals surface area (Å²) in [5, 5.41) is 0. The Hall–Kier alpha value is -1.91. The lowest BCUT2D eigenvalue weighted by Gasteiger charge is -2.25. The monoisotopic (exact) mass is 385 g/mol. The highest BCUT2D eigenvalue weighted by Crippen LogP contribution is 2.20. The minimum Gasteiger partial charge on any atom is -0.212 e. The Bertz CT molecular complexity index is 776. The van der Waals surface area contributed by atoms with E-state index >= 15 is 0 Å². The lowest BCUT2D eigenvalue weighted by Crippen LogP contribution is -2.34. The Morgan fingerprint density at radius 1 is 0.926 bits per heavy atom. The van der Waals surface area contributed by atoms with Gasteiger partial charge in [-0.1, -0.05) is 79.1 Å². The summed E-state index contributed by atoms with van der Waals surface area (Å²) in [6, 6.07) is 16.1. The molecule has 0 amide bonds. The van der Waals surface area contributed by atoms with Crippen molar-refractivity contribution in [2.24, 2.45) is 5.92 Å². The number of hydrogen-bond acceptors (Lipinski definition) is 2. The number of benzene rings is 2. The van der Waals surface area contributed by atoms with Crippen molar-refractivity contribution >= 4 is 10.0 Å². The van der Waals surface area contributed by atoms with Gasteiger partial charge in [-0.25, -0.2) is 8.42 Å². The summed E-state index contributed by atoms with van der Waals surface area (Å²) in [4.78, 5) is 0. The van der Waals surface area contributed by atoms with Crippen molar-refractivity contribution in [2.75, 3.05) is 5.75 Å². The molecule has 0 aliphatic heterocycles. The first-order chi connectivity index (χ1) is 12.8. The molecule has 1 atom stereocenters. The zero-order chi connectivity index (χ0) is 19.9. The molecule has 2 aromatic rings. The van der Waals surface area contributed by atoms with Gasteiger partial charge in [0, 0.05) is 13.1 Å². The molecule has 0 saturated carbocycles. The Balaban J connectivity index is 2.27. The van der Waals surface area contributed by atoms with E-state index in [4.69, 9.17) is 0 Å². The average molecular weight is 386 g/mol. The normalized spacial score (nSPS) is 12.9. The molecule has 0 aromatic heterocycles. The third-order valence-electron chi connectivity index (χ3n) is 4.88. The molecule has 0 aliphatic rings. The lowest BCUT2D eigenvalue weighted by molar-refractivity contribution is 0.393. The van der Waals surface area contributed by atoms with Crippen LogP contribution in [-0.4, -0.2) is 18.5 Å². The molecule has 0 aliphatic carbocycles. The van der Waals surface area contributed by atoms with E-state index in [9.17, 15) is 8.42 Å². The summed E-state index contributed by atoms with van der Waals surface area (Å²) in [7, 11) is -3.39. The minimum absolute atomic E-state index is 0.103. The fourth-order valence-corrected chi connectivity index (χ4v) is 4.91. The third-order valence-corrected chi connectivity index (χ3v) is 6.81. The first kappa shape index (κ1) is 21.4. The minimum atomic E-state index is -3.39. The highest BCUT2D eigenvalue weighted by Gasteiger charge is 2.25. The number of rotatable bonds is 10. The van der Waals surface area contributed by atoms with Crippen LogP contribution < -0.4 is 0 Å². The number of hydrogen-bond donors (Lipinski definition) is 0. The zero-order valence-electron chi connectivity index (χ0n) is 16.7. The van der Waals surface area contributed by atoms with Crippen molar-refractivity contribution in [1.29, 1.82) is 0 Å². The van der Waals surface area contributed by atoms with Crippen LogP contribution >= 0.6 is 0 Å². The van der Waals surface area contributed by atoms with Crippen LogP contribution in [0.2, 0.25) is 0 Å². The predicted molar refractivity (Wildman–Crippen MR) is 114 cm³/mol. The van der Waals surface area contributed by atoms with E-state index in [0.717, 1.165) is 24.0 Å². The van der Waals surface area contributed by atoms with E-state index in [1.54, 1.807) is 4.31 Å². The summed E-state index contributed by atoms with van der Waals surface area (Å²) in [5.41, 5.74) is 4.36. The molecule has 3 nitrogen and oxygen atoms in total. The van der Waals surface area contributed by atoms with E-state index in [2.05, 4.69) is 6.58 Å². The van der Waals surface area contributed by atoms with Gasteiger partial charge in [-0.2, -0.15) is 4.31 Å². The molecule has 4 heteroatoms. The number of nitrogens with zero attached hydrogens (tertiary/aromatic N) is 1. The van der Waals surface area contributed by atoms with E-state index < -0.39 is 10.0 Å². The van der Waals surface area contributed by atoms with E-state index in [0.29, 0.717) is 13.1 Å². The molecule has 0 fully saturated rings. The molecule has 0 radical (unpaired) electrons. The highest BCUT2D eigenvalue weighted by molar-refractivity contribution is 7.89. The number of aryl methyl sites for hydroxylation is 2.